The molecule has 0 amide bonds. The molecule has 142 valence electrons. The van der Waals surface area contributed by atoms with Gasteiger partial charge in [0.15, 0.2) is 15.0 Å². The van der Waals surface area contributed by atoms with E-state index in [4.69, 9.17) is 16.6 Å². The van der Waals surface area contributed by atoms with Gasteiger partial charge >= 0.3 is 0 Å². The Morgan fingerprint density at radius 2 is 1.93 bits per heavy atom. The summed E-state index contributed by atoms with van der Waals surface area (Å²) >= 11 is 7.68. The first-order valence-corrected chi connectivity index (χ1v) is 12.1. The third-order valence-corrected chi connectivity index (χ3v) is 7.96. The number of fused-ring (bicyclic) bond motifs is 1. The maximum atomic E-state index is 12.1. The number of aryl methyl sites for hydroxylation is 1. The van der Waals surface area contributed by atoms with Crippen LogP contribution >= 0.6 is 23.4 Å². The largest absolute Gasteiger partial charge is 0.341 e. The molecule has 2 atom stereocenters. The smallest absolute Gasteiger partial charge is 0.160 e. The number of amidine groups is 1. The maximum absolute atomic E-state index is 12.1. The minimum Gasteiger partial charge on any atom is -0.341 e. The molecule has 0 radical (unpaired) electrons. The van der Waals surface area contributed by atoms with Crippen LogP contribution in [0.5, 0.6) is 0 Å². The minimum absolute atomic E-state index is 0.0642. The van der Waals surface area contributed by atoms with Crippen LogP contribution in [0.3, 0.4) is 0 Å². The van der Waals surface area contributed by atoms with Crippen molar-refractivity contribution in [2.45, 2.75) is 31.3 Å². The van der Waals surface area contributed by atoms with Gasteiger partial charge in [-0.15, -0.1) is 0 Å². The van der Waals surface area contributed by atoms with Crippen LogP contribution in [0.4, 0.5) is 0 Å². The van der Waals surface area contributed by atoms with Crippen LogP contribution in [0.25, 0.3) is 0 Å². The van der Waals surface area contributed by atoms with Crippen molar-refractivity contribution >= 4 is 38.4 Å². The molecular formula is C20H21ClN2O2S2. The Kier molecular flexibility index (Phi) is 5.23. The van der Waals surface area contributed by atoms with Crippen LogP contribution < -0.4 is 0 Å². The second-order valence-electron chi connectivity index (χ2n) is 7.16. The standard InChI is InChI=1S/C20H21ClN2O2S2/c1-14-3-2-4-16(9-14)11-26-20-22-18-12-27(24,25)13-19(18)23(20)10-15-5-7-17(21)8-6-15/h2-9,18-19H,10-13H2,1H3. The number of thioether (sulfide) groups is 1. The lowest BCUT2D eigenvalue weighted by Gasteiger charge is -2.26. The molecule has 0 bridgehead atoms. The van der Waals surface area contributed by atoms with E-state index in [0.29, 0.717) is 11.6 Å². The first-order valence-electron chi connectivity index (χ1n) is 8.87. The topological polar surface area (TPSA) is 49.7 Å². The van der Waals surface area contributed by atoms with Crippen LogP contribution in [0, 0.1) is 6.92 Å². The van der Waals surface area contributed by atoms with Crippen LogP contribution in [0.15, 0.2) is 53.5 Å². The Morgan fingerprint density at radius 1 is 1.15 bits per heavy atom. The minimum atomic E-state index is -3.01. The van der Waals surface area contributed by atoms with Gasteiger partial charge in [0, 0.05) is 17.3 Å². The summed E-state index contributed by atoms with van der Waals surface area (Å²) in [5, 5.41) is 1.64. The molecule has 1 saturated heterocycles. The van der Waals surface area contributed by atoms with E-state index in [0.717, 1.165) is 16.5 Å². The zero-order valence-electron chi connectivity index (χ0n) is 15.0. The van der Waals surface area contributed by atoms with Crippen molar-refractivity contribution in [3.8, 4) is 0 Å². The summed E-state index contributed by atoms with van der Waals surface area (Å²) in [6.45, 7) is 2.73. The number of aliphatic imine (C=N–C) groups is 1. The fraction of sp³-hybridized carbons (Fsp3) is 0.350. The highest BCUT2D eigenvalue weighted by atomic mass is 35.5. The molecule has 2 aromatic carbocycles. The van der Waals surface area contributed by atoms with Crippen molar-refractivity contribution < 1.29 is 8.42 Å². The Labute approximate surface area is 169 Å². The Balaban J connectivity index is 1.54. The summed E-state index contributed by atoms with van der Waals surface area (Å²) in [6, 6.07) is 15.9. The van der Waals surface area contributed by atoms with Crippen molar-refractivity contribution in [2.75, 3.05) is 11.5 Å². The molecule has 27 heavy (non-hydrogen) atoms. The lowest BCUT2D eigenvalue weighted by molar-refractivity contribution is 0.343. The van der Waals surface area contributed by atoms with E-state index in [2.05, 4.69) is 36.1 Å². The summed E-state index contributed by atoms with van der Waals surface area (Å²) in [5.74, 6) is 1.16. The summed E-state index contributed by atoms with van der Waals surface area (Å²) < 4.78 is 24.2. The summed E-state index contributed by atoms with van der Waals surface area (Å²) in [6.07, 6.45) is 0. The van der Waals surface area contributed by atoms with Gasteiger partial charge in [-0.1, -0.05) is 65.3 Å². The Bertz CT molecular complexity index is 974. The van der Waals surface area contributed by atoms with Gasteiger partial charge in [0.1, 0.15) is 0 Å². The number of sulfone groups is 1. The molecular weight excluding hydrogens is 400 g/mol. The second-order valence-corrected chi connectivity index (χ2v) is 10.7. The number of rotatable bonds is 4. The molecule has 0 N–H and O–H groups in total. The van der Waals surface area contributed by atoms with E-state index in [1.807, 2.05) is 24.3 Å². The van der Waals surface area contributed by atoms with Crippen LogP contribution in [-0.4, -0.2) is 42.1 Å². The van der Waals surface area contributed by atoms with Gasteiger partial charge in [0.05, 0.1) is 23.6 Å². The van der Waals surface area contributed by atoms with Crippen molar-refractivity contribution in [1.29, 1.82) is 0 Å². The van der Waals surface area contributed by atoms with E-state index in [9.17, 15) is 8.42 Å². The van der Waals surface area contributed by atoms with Crippen molar-refractivity contribution in [1.82, 2.24) is 4.90 Å². The van der Waals surface area contributed by atoms with Gasteiger partial charge in [-0.25, -0.2) is 8.42 Å². The first-order chi connectivity index (χ1) is 12.9. The van der Waals surface area contributed by atoms with Gasteiger partial charge in [0.2, 0.25) is 0 Å². The molecule has 4 nitrogen and oxygen atoms in total. The number of hydrogen-bond donors (Lipinski definition) is 0. The fourth-order valence-electron chi connectivity index (χ4n) is 3.63. The third kappa shape index (κ3) is 4.33. The fourth-order valence-corrected chi connectivity index (χ4v) is 6.68. The van der Waals surface area contributed by atoms with E-state index < -0.39 is 9.84 Å². The zero-order chi connectivity index (χ0) is 19.0. The van der Waals surface area contributed by atoms with Gasteiger partial charge in [-0.05, 0) is 30.2 Å². The lowest BCUT2D eigenvalue weighted by Crippen LogP contribution is -2.38. The van der Waals surface area contributed by atoms with Gasteiger partial charge < -0.3 is 4.90 Å². The molecule has 0 aromatic heterocycles. The Hall–Kier alpha value is -1.50. The van der Waals surface area contributed by atoms with Crippen LogP contribution in [-0.2, 0) is 22.1 Å². The number of hydrogen-bond acceptors (Lipinski definition) is 5. The third-order valence-electron chi connectivity index (χ3n) is 4.93. The quantitative estimate of drug-likeness (QED) is 0.752. The average Bonchev–Trinajstić information content (AvgIpc) is 3.07. The van der Waals surface area contributed by atoms with E-state index in [1.54, 1.807) is 11.8 Å². The summed E-state index contributed by atoms with van der Waals surface area (Å²) in [5.41, 5.74) is 3.59. The molecule has 2 aliphatic heterocycles. The van der Waals surface area contributed by atoms with Crippen LogP contribution in [0.2, 0.25) is 5.02 Å². The molecule has 7 heteroatoms. The normalized spacial score (nSPS) is 23.3. The lowest BCUT2D eigenvalue weighted by atomic mass is 10.1. The highest BCUT2D eigenvalue weighted by molar-refractivity contribution is 8.13. The van der Waals surface area contributed by atoms with E-state index >= 15 is 0 Å². The monoisotopic (exact) mass is 420 g/mol. The van der Waals surface area contributed by atoms with Crippen molar-refractivity contribution in [2.24, 2.45) is 4.99 Å². The molecule has 2 aromatic rings. The molecule has 2 heterocycles. The predicted molar refractivity (Wildman–Crippen MR) is 113 cm³/mol. The van der Waals surface area contributed by atoms with E-state index in [-0.39, 0.29) is 23.6 Å². The van der Waals surface area contributed by atoms with Crippen molar-refractivity contribution in [3.63, 3.8) is 0 Å². The molecule has 4 rings (SSSR count). The van der Waals surface area contributed by atoms with Crippen LogP contribution in [0.1, 0.15) is 16.7 Å². The predicted octanol–water partition coefficient (Wildman–Crippen LogP) is 3.92. The molecule has 0 aliphatic carbocycles. The SMILES string of the molecule is Cc1cccc(CSC2=NC3CS(=O)(=O)CC3N2Cc2ccc(Cl)cc2)c1. The van der Waals surface area contributed by atoms with Gasteiger partial charge in [-0.2, -0.15) is 0 Å². The Morgan fingerprint density at radius 3 is 2.67 bits per heavy atom. The van der Waals surface area contributed by atoms with Gasteiger partial charge in [-0.3, -0.25) is 4.99 Å². The number of halogens is 1. The van der Waals surface area contributed by atoms with Gasteiger partial charge in [0.25, 0.3) is 0 Å². The highest BCUT2D eigenvalue weighted by Gasteiger charge is 2.46. The number of benzene rings is 2. The zero-order valence-corrected chi connectivity index (χ0v) is 17.4. The first kappa shape index (κ1) is 18.8. The number of nitrogens with zero attached hydrogens (tertiary/aromatic N) is 2. The summed E-state index contributed by atoms with van der Waals surface area (Å²) in [4.78, 5) is 6.94. The molecule has 0 saturated carbocycles. The molecule has 2 aliphatic rings. The van der Waals surface area contributed by atoms with E-state index in [1.165, 1.54) is 11.1 Å². The second kappa shape index (κ2) is 7.49. The molecule has 2 unspecified atom stereocenters. The molecule has 0 spiro atoms. The van der Waals surface area contributed by atoms with Crippen molar-refractivity contribution in [3.05, 3.63) is 70.2 Å². The molecule has 1 fully saturated rings. The average molecular weight is 421 g/mol. The summed E-state index contributed by atoms with van der Waals surface area (Å²) in [7, 11) is -3.01. The highest BCUT2D eigenvalue weighted by Crippen LogP contribution is 2.33. The maximum Gasteiger partial charge on any atom is 0.160 e.